The number of carbonyl (C=O) groups excluding carboxylic acids is 1. The quantitative estimate of drug-likeness (QED) is 0.173. The van der Waals surface area contributed by atoms with Crippen LogP contribution in [0.15, 0.2) is 101 Å². The van der Waals surface area contributed by atoms with Crippen molar-refractivity contribution in [2.45, 2.75) is 93.7 Å². The van der Waals surface area contributed by atoms with Crippen LogP contribution in [0.25, 0.3) is 0 Å². The van der Waals surface area contributed by atoms with Crippen molar-refractivity contribution in [3.8, 4) is 0 Å². The Hall–Kier alpha value is -4.32. The maximum atomic E-state index is 13.7. The summed E-state index contributed by atoms with van der Waals surface area (Å²) in [7, 11) is 0. The van der Waals surface area contributed by atoms with Gasteiger partial charge < -0.3 is 20.4 Å². The zero-order chi connectivity index (χ0) is 34.2. The molecular formula is C41H55N5O. The maximum absolute atomic E-state index is 13.7. The smallest absolute Gasteiger partial charge is 0.204 e. The first kappa shape index (κ1) is 35.5. The number of aliphatic imine (C=N–C) groups is 1. The summed E-state index contributed by atoms with van der Waals surface area (Å²) in [6.45, 7) is 23.8. The number of anilines is 4. The highest BCUT2D eigenvalue weighted by atomic mass is 16.1. The lowest BCUT2D eigenvalue weighted by Gasteiger charge is -2.28. The monoisotopic (exact) mass is 633 g/mol. The Morgan fingerprint density at radius 3 is 1.64 bits per heavy atom. The molecule has 4 rings (SSSR count). The Labute approximate surface area is 283 Å². The molecule has 0 spiro atoms. The Kier molecular flexibility index (Phi) is 12.1. The molecule has 0 aromatic heterocycles. The van der Waals surface area contributed by atoms with E-state index in [1.807, 2.05) is 19.1 Å². The number of benzene rings is 3. The normalized spacial score (nSPS) is 15.0. The van der Waals surface area contributed by atoms with E-state index in [-0.39, 0.29) is 5.78 Å². The molecule has 2 N–H and O–H groups in total. The first-order valence-corrected chi connectivity index (χ1v) is 17.4. The SMILES string of the molecule is CCC(c1ccc(NC2=CC(=O)C(Nc3ccc(N(CC)C(C)C)cc3)=C(C)C2=Nc2ccc(N(CC)C(C)C)cc2)cc1)C(C)C. The second-order valence-corrected chi connectivity index (χ2v) is 13.3. The first-order chi connectivity index (χ1) is 22.5. The minimum atomic E-state index is -0.0845. The molecule has 1 aliphatic rings. The summed E-state index contributed by atoms with van der Waals surface area (Å²) in [4.78, 5) is 23.5. The van der Waals surface area contributed by atoms with Gasteiger partial charge in [0.25, 0.3) is 0 Å². The van der Waals surface area contributed by atoms with Gasteiger partial charge in [0.15, 0.2) is 0 Å². The molecule has 6 nitrogen and oxygen atoms in total. The van der Waals surface area contributed by atoms with Crippen LogP contribution in [0.5, 0.6) is 0 Å². The third-order valence-electron chi connectivity index (χ3n) is 9.19. The molecule has 0 fully saturated rings. The fourth-order valence-electron chi connectivity index (χ4n) is 6.65. The fourth-order valence-corrected chi connectivity index (χ4v) is 6.65. The van der Waals surface area contributed by atoms with Crippen LogP contribution in [0, 0.1) is 5.92 Å². The highest BCUT2D eigenvalue weighted by Crippen LogP contribution is 2.31. The lowest BCUT2D eigenvalue weighted by molar-refractivity contribution is -0.111. The maximum Gasteiger partial charge on any atom is 0.204 e. The van der Waals surface area contributed by atoms with Gasteiger partial charge in [0, 0.05) is 59.6 Å². The number of nitrogens with zero attached hydrogens (tertiary/aromatic N) is 3. The second-order valence-electron chi connectivity index (χ2n) is 13.3. The van der Waals surface area contributed by atoms with Gasteiger partial charge in [0.05, 0.1) is 22.8 Å². The number of carbonyl (C=O) groups is 1. The predicted molar refractivity (Wildman–Crippen MR) is 204 cm³/mol. The topological polar surface area (TPSA) is 60.0 Å². The van der Waals surface area contributed by atoms with Crippen LogP contribution in [0.3, 0.4) is 0 Å². The largest absolute Gasteiger partial charge is 0.369 e. The minimum absolute atomic E-state index is 0.0845. The number of hydrogen-bond acceptors (Lipinski definition) is 6. The summed E-state index contributed by atoms with van der Waals surface area (Å²) in [5, 5.41) is 6.96. The van der Waals surface area contributed by atoms with E-state index in [1.54, 1.807) is 6.08 Å². The average Bonchev–Trinajstić information content (AvgIpc) is 3.04. The lowest BCUT2D eigenvalue weighted by atomic mass is 9.86. The number of rotatable bonds is 14. The predicted octanol–water partition coefficient (Wildman–Crippen LogP) is 10.3. The van der Waals surface area contributed by atoms with Crippen LogP contribution in [-0.2, 0) is 4.79 Å². The highest BCUT2D eigenvalue weighted by Gasteiger charge is 2.25. The molecule has 0 heterocycles. The average molecular weight is 634 g/mol. The molecule has 250 valence electrons. The molecule has 6 heteroatoms. The van der Waals surface area contributed by atoms with Crippen LogP contribution in [-0.4, -0.2) is 36.7 Å². The van der Waals surface area contributed by atoms with Gasteiger partial charge in [-0.05, 0) is 133 Å². The molecule has 3 aromatic carbocycles. The van der Waals surface area contributed by atoms with E-state index in [4.69, 9.17) is 4.99 Å². The van der Waals surface area contributed by atoms with Gasteiger partial charge in [0.2, 0.25) is 5.78 Å². The number of ketones is 1. The zero-order valence-corrected chi connectivity index (χ0v) is 30.2. The summed E-state index contributed by atoms with van der Waals surface area (Å²) in [6, 6.07) is 26.1. The van der Waals surface area contributed by atoms with Crippen LogP contribution in [0.4, 0.5) is 28.4 Å². The van der Waals surface area contributed by atoms with E-state index in [1.165, 1.54) is 11.3 Å². The number of hydrogen-bond donors (Lipinski definition) is 2. The van der Waals surface area contributed by atoms with Crippen LogP contribution >= 0.6 is 0 Å². The van der Waals surface area contributed by atoms with Crippen LogP contribution < -0.4 is 20.4 Å². The van der Waals surface area contributed by atoms with Gasteiger partial charge in [0.1, 0.15) is 0 Å². The van der Waals surface area contributed by atoms with Crippen molar-refractivity contribution in [1.29, 1.82) is 0 Å². The molecular weight excluding hydrogens is 578 g/mol. The van der Waals surface area contributed by atoms with E-state index in [9.17, 15) is 4.79 Å². The molecule has 1 aliphatic carbocycles. The van der Waals surface area contributed by atoms with Gasteiger partial charge in [-0.25, -0.2) is 4.99 Å². The third-order valence-corrected chi connectivity index (χ3v) is 9.19. The molecule has 0 saturated carbocycles. The van der Waals surface area contributed by atoms with Crippen molar-refractivity contribution in [2.24, 2.45) is 10.9 Å². The van der Waals surface area contributed by atoms with Gasteiger partial charge in [-0.15, -0.1) is 0 Å². The second kappa shape index (κ2) is 16.0. The molecule has 47 heavy (non-hydrogen) atoms. The van der Waals surface area contributed by atoms with Crippen molar-refractivity contribution in [1.82, 2.24) is 0 Å². The van der Waals surface area contributed by atoms with Crippen molar-refractivity contribution < 1.29 is 4.79 Å². The summed E-state index contributed by atoms with van der Waals surface area (Å²) in [5.74, 6) is 1.00. The van der Waals surface area contributed by atoms with E-state index >= 15 is 0 Å². The molecule has 0 bridgehead atoms. The zero-order valence-electron chi connectivity index (χ0n) is 30.2. The Bertz CT molecular complexity index is 1580. The summed E-state index contributed by atoms with van der Waals surface area (Å²) < 4.78 is 0. The van der Waals surface area contributed by atoms with Crippen molar-refractivity contribution in [3.05, 3.63) is 101 Å². The van der Waals surface area contributed by atoms with Gasteiger partial charge in [-0.1, -0.05) is 32.9 Å². The number of nitrogens with one attached hydrogen (secondary N) is 2. The summed E-state index contributed by atoms with van der Waals surface area (Å²) >= 11 is 0. The molecule has 0 aliphatic heterocycles. The van der Waals surface area contributed by atoms with Gasteiger partial charge in [-0.3, -0.25) is 4.79 Å². The van der Waals surface area contributed by atoms with Gasteiger partial charge in [-0.2, -0.15) is 0 Å². The van der Waals surface area contributed by atoms with E-state index in [0.29, 0.717) is 35.3 Å². The van der Waals surface area contributed by atoms with E-state index in [0.717, 1.165) is 53.5 Å². The highest BCUT2D eigenvalue weighted by molar-refractivity contribution is 6.27. The van der Waals surface area contributed by atoms with Crippen LogP contribution in [0.2, 0.25) is 0 Å². The lowest BCUT2D eigenvalue weighted by Crippen LogP contribution is -2.30. The van der Waals surface area contributed by atoms with Crippen LogP contribution in [0.1, 0.15) is 87.1 Å². The molecule has 0 saturated heterocycles. The third kappa shape index (κ3) is 8.54. The Morgan fingerprint density at radius 1 is 0.681 bits per heavy atom. The minimum Gasteiger partial charge on any atom is -0.369 e. The Balaban J connectivity index is 1.69. The number of allylic oxidation sites excluding steroid dienone is 2. The molecule has 0 amide bonds. The van der Waals surface area contributed by atoms with Crippen molar-refractivity contribution in [2.75, 3.05) is 33.5 Å². The molecule has 3 aromatic rings. The van der Waals surface area contributed by atoms with Crippen molar-refractivity contribution in [3.63, 3.8) is 0 Å². The van der Waals surface area contributed by atoms with E-state index in [2.05, 4.69) is 143 Å². The van der Waals surface area contributed by atoms with E-state index < -0.39 is 0 Å². The van der Waals surface area contributed by atoms with Gasteiger partial charge >= 0.3 is 0 Å². The molecule has 1 atom stereocenters. The molecule has 1 unspecified atom stereocenters. The molecule has 0 radical (unpaired) electrons. The first-order valence-electron chi connectivity index (χ1n) is 17.4. The Morgan fingerprint density at radius 2 is 1.17 bits per heavy atom. The standard InChI is InChI=1S/C41H55N5O/c1-11-37(27(4)5)31-14-16-32(17-15-31)42-38-26-39(47)41(44-34-20-24-36(25-21-34)46(13-3)29(8)9)30(10)40(38)43-33-18-22-35(23-19-33)45(12-2)28(6)7/h14-29,37,42,44H,11-13H2,1-10H3. The van der Waals surface area contributed by atoms with Crippen molar-refractivity contribution >= 4 is 39.9 Å². The summed E-state index contributed by atoms with van der Waals surface area (Å²) in [6.07, 6.45) is 2.77. The fraction of sp³-hybridized carbons (Fsp3) is 0.415. The summed E-state index contributed by atoms with van der Waals surface area (Å²) in [5.41, 5.74) is 9.05.